The van der Waals surface area contributed by atoms with Crippen molar-refractivity contribution in [1.29, 1.82) is 0 Å². The first-order valence-electron chi connectivity index (χ1n) is 9.14. The van der Waals surface area contributed by atoms with Crippen molar-refractivity contribution in [2.75, 3.05) is 6.54 Å². The smallest absolute Gasteiger partial charge is 0.290 e. The van der Waals surface area contributed by atoms with Crippen molar-refractivity contribution in [3.05, 3.63) is 74.7 Å². The molecule has 0 unspecified atom stereocenters. The highest BCUT2D eigenvalue weighted by Gasteiger charge is 2.34. The van der Waals surface area contributed by atoms with Crippen LogP contribution in [0.3, 0.4) is 0 Å². The molecule has 3 aromatic rings. The van der Waals surface area contributed by atoms with E-state index in [0.29, 0.717) is 20.5 Å². The van der Waals surface area contributed by atoms with Crippen LogP contribution in [0.4, 0.5) is 8.78 Å². The number of amides is 1. The average molecular weight is 483 g/mol. The number of carbonyl (C=O) groups excluding carboxylic acids is 1. The fourth-order valence-electron chi connectivity index (χ4n) is 2.91. The SMILES string of the molecule is Cc1ccc(C(F)(F)CNC(=O)c2nc(C)nnc2Sc2cc(Cl)cc(Cl)c2)c(C)c1. The van der Waals surface area contributed by atoms with Gasteiger partial charge < -0.3 is 5.32 Å². The van der Waals surface area contributed by atoms with Crippen LogP contribution >= 0.6 is 35.0 Å². The second-order valence-corrected chi connectivity index (χ2v) is 8.86. The van der Waals surface area contributed by atoms with Crippen LogP contribution in [0.2, 0.25) is 10.0 Å². The van der Waals surface area contributed by atoms with Gasteiger partial charge in [-0.2, -0.15) is 8.78 Å². The summed E-state index contributed by atoms with van der Waals surface area (Å²) < 4.78 is 29.5. The van der Waals surface area contributed by atoms with Crippen molar-refractivity contribution in [3.8, 4) is 0 Å². The van der Waals surface area contributed by atoms with Gasteiger partial charge >= 0.3 is 0 Å². The van der Waals surface area contributed by atoms with Crippen LogP contribution in [0.1, 0.15) is 33.0 Å². The van der Waals surface area contributed by atoms with Gasteiger partial charge in [-0.3, -0.25) is 4.79 Å². The Hall–Kier alpha value is -2.29. The monoisotopic (exact) mass is 482 g/mol. The second-order valence-electron chi connectivity index (χ2n) is 6.93. The van der Waals surface area contributed by atoms with Gasteiger partial charge in [0.15, 0.2) is 10.7 Å². The lowest BCUT2D eigenvalue weighted by Gasteiger charge is -2.20. The van der Waals surface area contributed by atoms with Crippen molar-refractivity contribution in [1.82, 2.24) is 20.5 Å². The van der Waals surface area contributed by atoms with Crippen LogP contribution < -0.4 is 5.32 Å². The first-order valence-corrected chi connectivity index (χ1v) is 10.7. The van der Waals surface area contributed by atoms with Crippen molar-refractivity contribution in [3.63, 3.8) is 0 Å². The lowest BCUT2D eigenvalue weighted by molar-refractivity contribution is -0.00316. The van der Waals surface area contributed by atoms with E-state index in [-0.39, 0.29) is 22.1 Å². The molecule has 10 heteroatoms. The number of rotatable bonds is 6. The third kappa shape index (κ3) is 5.90. The number of aryl methyl sites for hydroxylation is 3. The number of hydrogen-bond acceptors (Lipinski definition) is 5. The summed E-state index contributed by atoms with van der Waals surface area (Å²) >= 11 is 13.1. The molecule has 0 aliphatic carbocycles. The van der Waals surface area contributed by atoms with Gasteiger partial charge in [-0.15, -0.1) is 10.2 Å². The van der Waals surface area contributed by atoms with Gasteiger partial charge in [0.25, 0.3) is 11.8 Å². The standard InChI is InChI=1S/C21H18Cl2F2N4OS/c1-11-4-5-17(12(2)6-11)21(24,25)10-26-19(30)18-20(29-28-13(3)27-18)31-16-8-14(22)7-15(23)9-16/h4-9H,10H2,1-3H3,(H,26,30). The molecule has 1 N–H and O–H groups in total. The highest BCUT2D eigenvalue weighted by molar-refractivity contribution is 7.99. The van der Waals surface area contributed by atoms with Gasteiger partial charge in [-0.1, -0.05) is 58.7 Å². The van der Waals surface area contributed by atoms with Gasteiger partial charge in [0.1, 0.15) is 5.82 Å². The molecule has 1 aromatic heterocycles. The lowest BCUT2D eigenvalue weighted by atomic mass is 10.0. The number of halogens is 4. The summed E-state index contributed by atoms with van der Waals surface area (Å²) in [6, 6.07) is 9.49. The maximum atomic E-state index is 14.7. The molecule has 0 saturated carbocycles. The van der Waals surface area contributed by atoms with E-state index in [4.69, 9.17) is 23.2 Å². The molecule has 5 nitrogen and oxygen atoms in total. The molecule has 0 aliphatic rings. The first-order chi connectivity index (χ1) is 14.5. The average Bonchev–Trinajstić information content (AvgIpc) is 2.66. The molecular weight excluding hydrogens is 465 g/mol. The minimum absolute atomic E-state index is 0.106. The van der Waals surface area contributed by atoms with Gasteiger partial charge in [0.05, 0.1) is 6.54 Å². The van der Waals surface area contributed by atoms with Crippen LogP contribution in [0.15, 0.2) is 46.3 Å². The van der Waals surface area contributed by atoms with Crippen molar-refractivity contribution in [2.45, 2.75) is 36.6 Å². The number of alkyl halides is 2. The molecule has 0 spiro atoms. The zero-order valence-electron chi connectivity index (χ0n) is 16.8. The van der Waals surface area contributed by atoms with Gasteiger partial charge in [-0.25, -0.2) is 4.98 Å². The fraction of sp³-hybridized carbons (Fsp3) is 0.238. The molecule has 31 heavy (non-hydrogen) atoms. The molecule has 0 saturated heterocycles. The third-order valence-electron chi connectivity index (χ3n) is 4.27. The summed E-state index contributed by atoms with van der Waals surface area (Å²) in [4.78, 5) is 17.4. The molecule has 162 valence electrons. The summed E-state index contributed by atoms with van der Waals surface area (Å²) in [5, 5.41) is 11.1. The number of nitrogens with zero attached hydrogens (tertiary/aromatic N) is 3. The van der Waals surface area contributed by atoms with E-state index in [1.165, 1.54) is 6.07 Å². The highest BCUT2D eigenvalue weighted by atomic mass is 35.5. The third-order valence-corrected chi connectivity index (χ3v) is 5.65. The Morgan fingerprint density at radius 2 is 1.74 bits per heavy atom. The predicted molar refractivity (Wildman–Crippen MR) is 117 cm³/mol. The molecule has 0 radical (unpaired) electrons. The maximum absolute atomic E-state index is 14.7. The van der Waals surface area contributed by atoms with E-state index in [2.05, 4.69) is 20.5 Å². The molecule has 1 heterocycles. The molecule has 0 aliphatic heterocycles. The predicted octanol–water partition coefficient (Wildman–Crippen LogP) is 5.78. The fourth-order valence-corrected chi connectivity index (χ4v) is 4.47. The van der Waals surface area contributed by atoms with Crippen molar-refractivity contribution >= 4 is 40.9 Å². The Bertz CT molecular complexity index is 1120. The number of nitrogens with one attached hydrogen (secondary N) is 1. The topological polar surface area (TPSA) is 67.8 Å². The van der Waals surface area contributed by atoms with Crippen LogP contribution in [0, 0.1) is 20.8 Å². The van der Waals surface area contributed by atoms with Crippen LogP contribution in [-0.4, -0.2) is 27.6 Å². The summed E-state index contributed by atoms with van der Waals surface area (Å²) in [5.74, 6) is -3.80. The van der Waals surface area contributed by atoms with Crippen LogP contribution in [0.5, 0.6) is 0 Å². The van der Waals surface area contributed by atoms with Crippen molar-refractivity contribution < 1.29 is 13.6 Å². The van der Waals surface area contributed by atoms with Gasteiger partial charge in [-0.05, 0) is 44.5 Å². The van der Waals surface area contributed by atoms with E-state index < -0.39 is 18.4 Å². The Morgan fingerprint density at radius 1 is 1.06 bits per heavy atom. The Kier molecular flexibility index (Phi) is 7.13. The molecule has 3 rings (SSSR count). The number of benzene rings is 2. The molecular formula is C21H18Cl2F2N4OS. The number of carbonyl (C=O) groups is 1. The van der Waals surface area contributed by atoms with E-state index in [1.807, 2.05) is 6.92 Å². The molecule has 0 bridgehead atoms. The summed E-state index contributed by atoms with van der Waals surface area (Å²) in [6.45, 7) is 4.11. The Labute approximate surface area is 192 Å². The van der Waals surface area contributed by atoms with E-state index >= 15 is 0 Å². The van der Waals surface area contributed by atoms with Crippen LogP contribution in [-0.2, 0) is 5.92 Å². The summed E-state index contributed by atoms with van der Waals surface area (Å²) in [5.41, 5.74) is 1.09. The normalized spacial score (nSPS) is 11.5. The lowest BCUT2D eigenvalue weighted by Crippen LogP contribution is -2.36. The summed E-state index contributed by atoms with van der Waals surface area (Å²) in [6.07, 6.45) is 0. The van der Waals surface area contributed by atoms with E-state index in [9.17, 15) is 13.6 Å². The zero-order chi connectivity index (χ0) is 22.8. The van der Waals surface area contributed by atoms with Gasteiger partial charge in [0.2, 0.25) is 0 Å². The van der Waals surface area contributed by atoms with Crippen molar-refractivity contribution in [2.24, 2.45) is 0 Å². The zero-order valence-corrected chi connectivity index (χ0v) is 19.2. The van der Waals surface area contributed by atoms with Gasteiger partial charge in [0, 0.05) is 20.5 Å². The Morgan fingerprint density at radius 3 is 2.39 bits per heavy atom. The minimum atomic E-state index is -3.25. The largest absolute Gasteiger partial charge is 0.344 e. The summed E-state index contributed by atoms with van der Waals surface area (Å²) in [7, 11) is 0. The quantitative estimate of drug-likeness (QED) is 0.482. The Balaban J connectivity index is 1.82. The molecule has 0 fully saturated rings. The molecule has 2 aromatic carbocycles. The number of aromatic nitrogens is 3. The second kappa shape index (κ2) is 9.46. The first kappa shape index (κ1) is 23.4. The van der Waals surface area contributed by atoms with E-state index in [0.717, 1.165) is 17.3 Å². The van der Waals surface area contributed by atoms with Crippen LogP contribution in [0.25, 0.3) is 0 Å². The molecule has 0 atom stereocenters. The maximum Gasteiger partial charge on any atom is 0.290 e. The molecule has 1 amide bonds. The highest BCUT2D eigenvalue weighted by Crippen LogP contribution is 2.33. The minimum Gasteiger partial charge on any atom is -0.344 e. The van der Waals surface area contributed by atoms with E-state index in [1.54, 1.807) is 44.2 Å². The number of hydrogen-bond donors (Lipinski definition) is 1.